The number of β-amino-alcohol motifs (C(OH)–C–C–N with tert-alkyl or cyclic N) is 1. The van der Waals surface area contributed by atoms with Gasteiger partial charge in [-0.25, -0.2) is 13.6 Å². The first-order valence-electron chi connectivity index (χ1n) is 16.5. The van der Waals surface area contributed by atoms with E-state index in [2.05, 4.69) is 41.5 Å². The van der Waals surface area contributed by atoms with Gasteiger partial charge in [0.15, 0.2) is 11.6 Å². The van der Waals surface area contributed by atoms with E-state index >= 15 is 0 Å². The summed E-state index contributed by atoms with van der Waals surface area (Å²) in [7, 11) is -2.39. The van der Waals surface area contributed by atoms with Gasteiger partial charge in [-0.2, -0.15) is 0 Å². The molecule has 1 N–H and O–H groups in total. The van der Waals surface area contributed by atoms with Gasteiger partial charge >= 0.3 is 6.09 Å². The first-order chi connectivity index (χ1) is 22.4. The molecule has 1 aliphatic rings. The van der Waals surface area contributed by atoms with Crippen LogP contribution in [-0.4, -0.2) is 62.9 Å². The molecule has 3 aromatic carbocycles. The van der Waals surface area contributed by atoms with Gasteiger partial charge in [0.1, 0.15) is 18.2 Å². The van der Waals surface area contributed by atoms with Crippen LogP contribution in [0, 0.1) is 11.6 Å². The lowest BCUT2D eigenvalue weighted by Crippen LogP contribution is -2.59. The molecule has 1 aliphatic heterocycles. The quantitative estimate of drug-likeness (QED) is 0.137. The number of likely N-dealkylation sites (tertiary alicyclic amines) is 1. The topological polar surface area (TPSA) is 77.5 Å². The predicted molar refractivity (Wildman–Crippen MR) is 181 cm³/mol. The third-order valence-electron chi connectivity index (χ3n) is 9.12. The fourth-order valence-electron chi connectivity index (χ4n) is 6.98. The monoisotopic (exact) mass is 669 g/mol. The number of hydrogen-bond acceptors (Lipinski definition) is 6. The molecular formula is C37H49F2NO6Si. The molecule has 0 spiro atoms. The zero-order valence-corrected chi connectivity index (χ0v) is 29.3. The van der Waals surface area contributed by atoms with Crippen molar-refractivity contribution in [3.63, 3.8) is 0 Å². The molecule has 0 saturated carbocycles. The van der Waals surface area contributed by atoms with Gasteiger partial charge in [-0.3, -0.25) is 0 Å². The Morgan fingerprint density at radius 3 is 2.15 bits per heavy atom. The van der Waals surface area contributed by atoms with Gasteiger partial charge < -0.3 is 28.6 Å². The summed E-state index contributed by atoms with van der Waals surface area (Å²) in [5, 5.41) is 11.6. The van der Waals surface area contributed by atoms with Crippen LogP contribution in [-0.2, 0) is 15.8 Å². The van der Waals surface area contributed by atoms with E-state index in [1.54, 1.807) is 4.90 Å². The minimum Gasteiger partial charge on any atom is -0.493 e. The van der Waals surface area contributed by atoms with Gasteiger partial charge in [0, 0.05) is 24.9 Å². The number of nitrogens with zero attached hydrogens (tertiary/aromatic N) is 1. The summed E-state index contributed by atoms with van der Waals surface area (Å²) in [5.41, 5.74) is 2.75. The lowest BCUT2D eigenvalue weighted by atomic mass is 9.85. The molecule has 3 unspecified atom stereocenters. The largest absolute Gasteiger partial charge is 0.493 e. The summed E-state index contributed by atoms with van der Waals surface area (Å²) in [4.78, 5) is 14.8. The normalized spacial score (nSPS) is 18.6. The van der Waals surface area contributed by atoms with Gasteiger partial charge in [-0.15, -0.1) is 0 Å². The highest BCUT2D eigenvalue weighted by atomic mass is 28.4. The van der Waals surface area contributed by atoms with Crippen LogP contribution in [0.25, 0.3) is 0 Å². The first-order valence-corrected chi connectivity index (χ1v) is 18.7. The molecule has 1 heterocycles. The fourth-order valence-corrected chi connectivity index (χ4v) is 12.5. The van der Waals surface area contributed by atoms with E-state index in [0.717, 1.165) is 29.3 Å². The summed E-state index contributed by atoms with van der Waals surface area (Å²) in [6.07, 6.45) is -1.31. The highest BCUT2D eigenvalue weighted by Crippen LogP contribution is 2.46. The predicted octanol–water partition coefficient (Wildman–Crippen LogP) is 8.47. The summed E-state index contributed by atoms with van der Waals surface area (Å²) in [6, 6.07) is 20.2. The molecule has 7 nitrogen and oxygen atoms in total. The summed E-state index contributed by atoms with van der Waals surface area (Å²) >= 11 is 0. The molecule has 0 aliphatic carbocycles. The summed E-state index contributed by atoms with van der Waals surface area (Å²) in [6.45, 7) is 14.4. The number of benzene rings is 3. The zero-order chi connectivity index (χ0) is 34.1. The van der Waals surface area contributed by atoms with E-state index < -0.39 is 38.3 Å². The SMILES string of the molecule is CC(C)[Si](OC1CN(C(=O)OCc2ccccc2)CC(O)C1c1ccc(OCCCOc2cc(F)ccc2F)cc1)(C(C)C)C(C)C. The molecule has 1 fully saturated rings. The van der Waals surface area contributed by atoms with Crippen molar-refractivity contribution in [3.8, 4) is 11.5 Å². The second-order valence-corrected chi connectivity index (χ2v) is 18.6. The van der Waals surface area contributed by atoms with E-state index in [0.29, 0.717) is 41.9 Å². The summed E-state index contributed by atoms with van der Waals surface area (Å²) < 4.78 is 51.3. The van der Waals surface area contributed by atoms with Crippen molar-refractivity contribution in [2.45, 2.75) is 89.3 Å². The Morgan fingerprint density at radius 1 is 0.872 bits per heavy atom. The number of carbonyl (C=O) groups excluding carboxylic acids is 1. The van der Waals surface area contributed by atoms with Crippen molar-refractivity contribution in [1.82, 2.24) is 4.90 Å². The molecule has 47 heavy (non-hydrogen) atoms. The van der Waals surface area contributed by atoms with Gasteiger partial charge in [-0.05, 0) is 52.0 Å². The van der Waals surface area contributed by atoms with E-state index in [1.807, 2.05) is 54.6 Å². The first kappa shape index (κ1) is 36.4. The molecule has 4 rings (SSSR count). The lowest BCUT2D eigenvalue weighted by Gasteiger charge is -2.49. The van der Waals surface area contributed by atoms with Crippen LogP contribution in [0.1, 0.15) is 65.0 Å². The van der Waals surface area contributed by atoms with Crippen molar-refractivity contribution in [2.75, 3.05) is 26.3 Å². The Hall–Kier alpha value is -3.47. The van der Waals surface area contributed by atoms with E-state index in [1.165, 1.54) is 0 Å². The van der Waals surface area contributed by atoms with Crippen molar-refractivity contribution in [2.24, 2.45) is 0 Å². The van der Waals surface area contributed by atoms with Gasteiger partial charge in [0.2, 0.25) is 8.32 Å². The number of halogens is 2. The Kier molecular flexibility index (Phi) is 12.8. The minimum atomic E-state index is -2.39. The Bertz CT molecular complexity index is 1400. The Balaban J connectivity index is 1.46. The number of ether oxygens (including phenoxy) is 3. The average Bonchev–Trinajstić information content (AvgIpc) is 3.04. The van der Waals surface area contributed by atoms with Crippen LogP contribution >= 0.6 is 0 Å². The minimum absolute atomic E-state index is 0.125. The molecule has 256 valence electrons. The maximum Gasteiger partial charge on any atom is 0.410 e. The lowest BCUT2D eigenvalue weighted by molar-refractivity contribution is -0.0255. The van der Waals surface area contributed by atoms with E-state index in [9.17, 15) is 18.7 Å². The number of piperidine rings is 1. The molecule has 3 aromatic rings. The number of rotatable bonds is 14. The molecule has 0 bridgehead atoms. The van der Waals surface area contributed by atoms with Gasteiger partial charge in [0.25, 0.3) is 0 Å². The maximum atomic E-state index is 13.8. The smallest absolute Gasteiger partial charge is 0.410 e. The van der Waals surface area contributed by atoms with Crippen molar-refractivity contribution < 1.29 is 37.3 Å². The standard InChI is InChI=1S/C37H49F2NO6Si/c1-25(2)47(26(3)4,27(5)6)46-35-23-40(37(42)45-24-28-11-8-7-9-12-28)22-33(41)36(35)29-13-16-31(17-14-29)43-19-10-20-44-34-21-30(38)15-18-32(34)39/h7-9,11-18,21,25-27,33,35-36,41H,10,19-20,22-24H2,1-6H3. The third kappa shape index (κ3) is 9.12. The van der Waals surface area contributed by atoms with Gasteiger partial charge in [0.05, 0.1) is 32.0 Å². The Morgan fingerprint density at radius 2 is 1.51 bits per heavy atom. The number of aliphatic hydroxyl groups excluding tert-OH is 1. The van der Waals surface area contributed by atoms with Crippen LogP contribution in [0.2, 0.25) is 16.6 Å². The third-order valence-corrected chi connectivity index (χ3v) is 15.2. The molecule has 10 heteroatoms. The summed E-state index contributed by atoms with van der Waals surface area (Å²) in [5.74, 6) is -1.03. The second kappa shape index (κ2) is 16.6. The van der Waals surface area contributed by atoms with Crippen LogP contribution in [0.5, 0.6) is 11.5 Å². The molecular weight excluding hydrogens is 620 g/mol. The molecule has 1 saturated heterocycles. The average molecular weight is 670 g/mol. The molecule has 1 amide bonds. The van der Waals surface area contributed by atoms with Crippen LogP contribution in [0.3, 0.4) is 0 Å². The number of hydrogen-bond donors (Lipinski definition) is 1. The van der Waals surface area contributed by atoms with E-state index in [-0.39, 0.29) is 31.4 Å². The van der Waals surface area contributed by atoms with Crippen LogP contribution < -0.4 is 9.47 Å². The molecule has 3 atom stereocenters. The number of aliphatic hydroxyl groups is 1. The highest BCUT2D eigenvalue weighted by molar-refractivity contribution is 6.77. The van der Waals surface area contributed by atoms with Crippen molar-refractivity contribution >= 4 is 14.4 Å². The zero-order valence-electron chi connectivity index (χ0n) is 28.3. The van der Waals surface area contributed by atoms with Crippen molar-refractivity contribution in [3.05, 3.63) is 95.6 Å². The van der Waals surface area contributed by atoms with Gasteiger partial charge in [-0.1, -0.05) is 84.0 Å². The molecule has 0 aromatic heterocycles. The fraction of sp³-hybridized carbons (Fsp3) is 0.486. The second-order valence-electron chi connectivity index (χ2n) is 13.2. The van der Waals surface area contributed by atoms with Crippen LogP contribution in [0.15, 0.2) is 72.8 Å². The van der Waals surface area contributed by atoms with E-state index in [4.69, 9.17) is 18.6 Å². The Labute approximate surface area is 278 Å². The number of carbonyl (C=O) groups is 1. The highest BCUT2D eigenvalue weighted by Gasteiger charge is 2.50. The van der Waals surface area contributed by atoms with Crippen LogP contribution in [0.4, 0.5) is 13.6 Å². The maximum absolute atomic E-state index is 13.8. The molecule has 0 radical (unpaired) electrons. The number of amides is 1. The van der Waals surface area contributed by atoms with Crippen molar-refractivity contribution in [1.29, 1.82) is 0 Å².